The lowest BCUT2D eigenvalue weighted by molar-refractivity contribution is 0.0953. The molecular weight excluding hydrogens is 271 g/mol. The third-order valence-corrected chi connectivity index (χ3v) is 3.09. The molecule has 1 aromatic carbocycles. The third-order valence-electron chi connectivity index (χ3n) is 3.09. The van der Waals surface area contributed by atoms with Crippen LogP contribution in [0, 0.1) is 5.82 Å². The van der Waals surface area contributed by atoms with Gasteiger partial charge in [0.1, 0.15) is 0 Å². The van der Waals surface area contributed by atoms with E-state index < -0.39 is 5.82 Å². The van der Waals surface area contributed by atoms with Crippen molar-refractivity contribution in [1.82, 2.24) is 10.3 Å². The van der Waals surface area contributed by atoms with Gasteiger partial charge in [-0.25, -0.2) is 4.39 Å². The Morgan fingerprint density at radius 2 is 2.05 bits per heavy atom. The van der Waals surface area contributed by atoms with Gasteiger partial charge in [0.2, 0.25) is 0 Å². The van der Waals surface area contributed by atoms with Crippen LogP contribution in [0.3, 0.4) is 0 Å². The maximum absolute atomic E-state index is 13.3. The Balaban J connectivity index is 1.82. The maximum atomic E-state index is 13.3. The Morgan fingerprint density at radius 3 is 2.76 bits per heavy atom. The monoisotopic (exact) mass is 288 g/mol. The van der Waals surface area contributed by atoms with Crippen LogP contribution < -0.4 is 10.1 Å². The summed E-state index contributed by atoms with van der Waals surface area (Å²) in [5.74, 6) is -0.644. The van der Waals surface area contributed by atoms with E-state index in [1.165, 1.54) is 30.9 Å². The Kier molecular flexibility index (Phi) is 5.26. The van der Waals surface area contributed by atoms with Crippen LogP contribution in [0.5, 0.6) is 5.75 Å². The predicted molar refractivity (Wildman–Crippen MR) is 77.8 cm³/mol. The van der Waals surface area contributed by atoms with Crippen LogP contribution in [0.15, 0.2) is 42.7 Å². The number of rotatable bonds is 6. The molecule has 1 N–H and O–H groups in total. The van der Waals surface area contributed by atoms with Crippen molar-refractivity contribution in [2.45, 2.75) is 12.8 Å². The van der Waals surface area contributed by atoms with Gasteiger partial charge in [-0.3, -0.25) is 9.78 Å². The summed E-state index contributed by atoms with van der Waals surface area (Å²) in [6.07, 6.45) is 5.20. The fraction of sp³-hybridized carbons (Fsp3) is 0.250. The Morgan fingerprint density at radius 1 is 1.29 bits per heavy atom. The fourth-order valence-corrected chi connectivity index (χ4v) is 1.95. The first-order chi connectivity index (χ1) is 10.2. The summed E-state index contributed by atoms with van der Waals surface area (Å²) >= 11 is 0. The second-order valence-corrected chi connectivity index (χ2v) is 4.56. The molecule has 110 valence electrons. The van der Waals surface area contributed by atoms with E-state index in [4.69, 9.17) is 4.74 Å². The van der Waals surface area contributed by atoms with E-state index in [9.17, 15) is 9.18 Å². The second-order valence-electron chi connectivity index (χ2n) is 4.56. The number of amides is 1. The Labute approximate surface area is 123 Å². The molecule has 0 bridgehead atoms. The zero-order valence-electron chi connectivity index (χ0n) is 11.8. The van der Waals surface area contributed by atoms with Crippen LogP contribution in [0.25, 0.3) is 0 Å². The minimum atomic E-state index is -0.480. The lowest BCUT2D eigenvalue weighted by atomic mass is 10.1. The number of carbonyl (C=O) groups excluding carboxylic acids is 1. The number of nitrogens with one attached hydrogen (secondary N) is 1. The molecule has 0 atom stereocenters. The van der Waals surface area contributed by atoms with Crippen LogP contribution >= 0.6 is 0 Å². The van der Waals surface area contributed by atoms with Gasteiger partial charge in [-0.15, -0.1) is 0 Å². The number of methoxy groups -OCH3 is 1. The number of aromatic nitrogens is 1. The summed E-state index contributed by atoms with van der Waals surface area (Å²) < 4.78 is 18.1. The lowest BCUT2D eigenvalue weighted by Gasteiger charge is -2.07. The summed E-state index contributed by atoms with van der Waals surface area (Å²) in [6.45, 7) is 0.556. The molecule has 0 spiro atoms. The molecule has 1 amide bonds. The zero-order chi connectivity index (χ0) is 15.1. The smallest absolute Gasteiger partial charge is 0.251 e. The van der Waals surface area contributed by atoms with E-state index in [1.54, 1.807) is 12.4 Å². The van der Waals surface area contributed by atoms with Gasteiger partial charge < -0.3 is 10.1 Å². The van der Waals surface area contributed by atoms with Crippen molar-refractivity contribution in [1.29, 1.82) is 0 Å². The van der Waals surface area contributed by atoms with Gasteiger partial charge in [0.05, 0.1) is 7.11 Å². The fourth-order valence-electron chi connectivity index (χ4n) is 1.95. The molecule has 0 radical (unpaired) electrons. The molecule has 0 aliphatic heterocycles. The molecule has 4 nitrogen and oxygen atoms in total. The first-order valence-corrected chi connectivity index (χ1v) is 6.71. The number of nitrogens with zero attached hydrogens (tertiary/aromatic N) is 1. The normalized spacial score (nSPS) is 10.2. The molecule has 0 saturated heterocycles. The summed E-state index contributed by atoms with van der Waals surface area (Å²) in [5, 5.41) is 2.81. The maximum Gasteiger partial charge on any atom is 0.251 e. The van der Waals surface area contributed by atoms with Crippen molar-refractivity contribution >= 4 is 5.91 Å². The minimum Gasteiger partial charge on any atom is -0.494 e. The van der Waals surface area contributed by atoms with Crippen molar-refractivity contribution < 1.29 is 13.9 Å². The number of benzene rings is 1. The highest BCUT2D eigenvalue weighted by Crippen LogP contribution is 2.18. The van der Waals surface area contributed by atoms with Gasteiger partial charge >= 0.3 is 0 Å². The number of carbonyl (C=O) groups is 1. The molecular formula is C16H17FN2O2. The van der Waals surface area contributed by atoms with E-state index in [0.29, 0.717) is 12.1 Å². The molecule has 0 fully saturated rings. The Bertz CT molecular complexity index is 602. The highest BCUT2D eigenvalue weighted by molar-refractivity contribution is 5.94. The number of pyridine rings is 1. The van der Waals surface area contributed by atoms with Crippen LogP contribution in [0.2, 0.25) is 0 Å². The number of hydrogen-bond donors (Lipinski definition) is 1. The summed E-state index contributed by atoms with van der Waals surface area (Å²) in [6, 6.07) is 7.97. The van der Waals surface area contributed by atoms with E-state index in [1.807, 2.05) is 12.1 Å². The quantitative estimate of drug-likeness (QED) is 0.831. The molecule has 0 saturated carbocycles. The molecule has 2 rings (SSSR count). The highest BCUT2D eigenvalue weighted by atomic mass is 19.1. The van der Waals surface area contributed by atoms with Gasteiger partial charge in [0.15, 0.2) is 11.6 Å². The topological polar surface area (TPSA) is 51.2 Å². The minimum absolute atomic E-state index is 0.0689. The summed E-state index contributed by atoms with van der Waals surface area (Å²) in [7, 11) is 1.37. The Hall–Kier alpha value is -2.43. The predicted octanol–water partition coefficient (Wildman–Crippen LogP) is 2.59. The highest BCUT2D eigenvalue weighted by Gasteiger charge is 2.09. The number of hydrogen-bond acceptors (Lipinski definition) is 3. The third kappa shape index (κ3) is 4.27. The van der Waals surface area contributed by atoms with Gasteiger partial charge in [0.25, 0.3) is 5.91 Å². The SMILES string of the molecule is COc1cc(C(=O)NCCCc2ccncc2)ccc1F. The van der Waals surface area contributed by atoms with Crippen LogP contribution in [0.1, 0.15) is 22.3 Å². The summed E-state index contributed by atoms with van der Waals surface area (Å²) in [5.41, 5.74) is 1.57. The van der Waals surface area contributed by atoms with E-state index in [0.717, 1.165) is 12.8 Å². The zero-order valence-corrected chi connectivity index (χ0v) is 11.8. The number of aryl methyl sites for hydroxylation is 1. The molecule has 5 heteroatoms. The number of halogens is 1. The van der Waals surface area contributed by atoms with Gasteiger partial charge in [-0.05, 0) is 48.7 Å². The van der Waals surface area contributed by atoms with Crippen molar-refractivity contribution in [2.24, 2.45) is 0 Å². The largest absolute Gasteiger partial charge is 0.494 e. The van der Waals surface area contributed by atoms with Gasteiger partial charge in [-0.2, -0.15) is 0 Å². The first-order valence-electron chi connectivity index (χ1n) is 6.71. The van der Waals surface area contributed by atoms with E-state index in [2.05, 4.69) is 10.3 Å². The van der Waals surface area contributed by atoms with Crippen LogP contribution in [0.4, 0.5) is 4.39 Å². The number of ether oxygens (including phenoxy) is 1. The van der Waals surface area contributed by atoms with Crippen LogP contribution in [-0.2, 0) is 6.42 Å². The second kappa shape index (κ2) is 7.38. The van der Waals surface area contributed by atoms with Crippen molar-refractivity contribution in [3.8, 4) is 5.75 Å². The molecule has 1 aromatic heterocycles. The van der Waals surface area contributed by atoms with E-state index in [-0.39, 0.29) is 11.7 Å². The average Bonchev–Trinajstić information content (AvgIpc) is 2.53. The lowest BCUT2D eigenvalue weighted by Crippen LogP contribution is -2.24. The first kappa shape index (κ1) is 15.0. The van der Waals surface area contributed by atoms with Crippen molar-refractivity contribution in [3.63, 3.8) is 0 Å². The molecule has 21 heavy (non-hydrogen) atoms. The van der Waals surface area contributed by atoms with Crippen molar-refractivity contribution in [2.75, 3.05) is 13.7 Å². The molecule has 0 aliphatic carbocycles. The molecule has 1 heterocycles. The van der Waals surface area contributed by atoms with Crippen molar-refractivity contribution in [3.05, 3.63) is 59.7 Å². The standard InChI is InChI=1S/C16H17FN2O2/c1-21-15-11-13(4-5-14(15)17)16(20)19-8-2-3-12-6-9-18-10-7-12/h4-7,9-11H,2-3,8H2,1H3,(H,19,20). The van der Waals surface area contributed by atoms with E-state index >= 15 is 0 Å². The van der Waals surface area contributed by atoms with Gasteiger partial charge in [-0.1, -0.05) is 0 Å². The average molecular weight is 288 g/mol. The molecule has 2 aromatic rings. The summed E-state index contributed by atoms with van der Waals surface area (Å²) in [4.78, 5) is 15.9. The van der Waals surface area contributed by atoms with Crippen LogP contribution in [-0.4, -0.2) is 24.5 Å². The molecule has 0 aliphatic rings. The molecule has 0 unspecified atom stereocenters. The van der Waals surface area contributed by atoms with Gasteiger partial charge in [0, 0.05) is 24.5 Å².